The van der Waals surface area contributed by atoms with Crippen LogP contribution in [0.25, 0.3) is 82.4 Å². The minimum atomic E-state index is -2.64. The van der Waals surface area contributed by atoms with Gasteiger partial charge in [-0.2, -0.15) is 12.1 Å². The number of pyridine rings is 1. The number of benzene rings is 8. The van der Waals surface area contributed by atoms with Crippen LogP contribution in [0.5, 0.6) is 11.5 Å². The van der Waals surface area contributed by atoms with Crippen molar-refractivity contribution in [2.75, 3.05) is 9.80 Å². The minimum Gasteiger partial charge on any atom is -0.509 e. The average Bonchev–Trinajstić information content (AvgIpc) is 3.59. The average molecular weight is 1120 g/mol. The maximum atomic E-state index is 8.99. The number of aromatic nitrogens is 4. The van der Waals surface area contributed by atoms with Gasteiger partial charge in [0.2, 0.25) is 0 Å². The number of nitrogens with zero attached hydrogens (tertiary/aromatic N) is 6. The van der Waals surface area contributed by atoms with Gasteiger partial charge in [-0.25, -0.2) is 4.98 Å². The second-order valence-corrected chi connectivity index (χ2v) is 20.6. The normalized spacial score (nSPS) is 14.6. The first kappa shape index (κ1) is 39.1. The zero-order valence-corrected chi connectivity index (χ0v) is 42.9. The molecule has 5 heterocycles. The Labute approximate surface area is 443 Å². The van der Waals surface area contributed by atoms with Crippen LogP contribution in [0.3, 0.4) is 0 Å². The van der Waals surface area contributed by atoms with Gasteiger partial charge >= 0.3 is 0 Å². The van der Waals surface area contributed by atoms with E-state index in [0.29, 0.717) is 61.4 Å². The third-order valence-electron chi connectivity index (χ3n) is 14.2. The summed E-state index contributed by atoms with van der Waals surface area (Å²) in [5.41, 5.74) is 10.4. The van der Waals surface area contributed by atoms with Crippen LogP contribution in [0.2, 0.25) is 0 Å². The van der Waals surface area contributed by atoms with Crippen LogP contribution in [0, 0.1) is 18.8 Å². The van der Waals surface area contributed by atoms with Gasteiger partial charge in [0.25, 0.3) is 0 Å². The van der Waals surface area contributed by atoms with E-state index in [2.05, 4.69) is 113 Å². The summed E-state index contributed by atoms with van der Waals surface area (Å²) in [6, 6.07) is 60.8. The summed E-state index contributed by atoms with van der Waals surface area (Å²) in [6.07, 6.45) is 2.00. The van der Waals surface area contributed by atoms with Crippen LogP contribution in [-0.4, -0.2) is 18.7 Å². The molecule has 0 saturated heterocycles. The molecule has 0 fully saturated rings. The Balaban J connectivity index is 0.00000609. The molecular weight excluding hydrogens is 1060 g/mol. The second kappa shape index (κ2) is 16.7. The third kappa shape index (κ3) is 6.99. The molecular formula is C64H53N6OPt-3. The SMILES string of the molecule is [2H]C([2H])([2H])n1c2ccccc2c2cc3c4ccccc4n(C([2H])([2H])[2H])c3c(N3[CH-]N(c4[c-]c(Oc5[c-]c6c(cc5)c5cccc(C(C)(C)C)c5n6-c5cc(C(C)(C)C)c(-c6ccccc6)cn5)ccc4)c4ccccc43)c21.[Pt]. The summed E-state index contributed by atoms with van der Waals surface area (Å²) in [5.74, 6) is 1.71. The number of fused-ring (bicyclic) bond motifs is 10. The number of aryl methyl sites for hydroxylation is 2. The van der Waals surface area contributed by atoms with Crippen LogP contribution < -0.4 is 14.5 Å². The molecule has 1 aliphatic heterocycles. The molecule has 358 valence electrons. The van der Waals surface area contributed by atoms with Crippen molar-refractivity contribution in [3.05, 3.63) is 200 Å². The molecule has 12 aromatic rings. The van der Waals surface area contributed by atoms with E-state index in [4.69, 9.17) is 17.9 Å². The van der Waals surface area contributed by atoms with E-state index in [-0.39, 0.29) is 31.9 Å². The van der Waals surface area contributed by atoms with Crippen LogP contribution in [-0.2, 0) is 45.8 Å². The second-order valence-electron chi connectivity index (χ2n) is 20.6. The Morgan fingerprint density at radius 1 is 0.528 bits per heavy atom. The van der Waals surface area contributed by atoms with Gasteiger partial charge < -0.3 is 28.2 Å². The van der Waals surface area contributed by atoms with Crippen LogP contribution in [0.15, 0.2) is 170 Å². The molecule has 4 aromatic heterocycles. The Hall–Kier alpha value is -7.60. The molecule has 13 rings (SSSR count). The molecule has 0 amide bonds. The molecule has 0 spiro atoms. The molecule has 0 aliphatic carbocycles. The standard InChI is InChI=1S/C64H53N6O.Pt/c1-63(2,3)51-27-19-26-47-46-33-32-43(35-57(46)70(59(47)51)58-37-52(64(4,5)6)50(38-65-58)40-20-10-9-11-21-40)71-42-23-18-22-41(34-42)68-39-69(56-31-17-16-30-55(56)68)62-60-48(44-24-12-14-28-53(44)66(60)7)36-49-45-25-13-15-29-54(45)67(8)61(49)62;/h9-33,36-39H,1-8H3;/q-3;/i7D3,8D3;. The predicted octanol–water partition coefficient (Wildman–Crippen LogP) is 16.5. The van der Waals surface area contributed by atoms with Crippen molar-refractivity contribution >= 4 is 88.2 Å². The zero-order valence-electron chi connectivity index (χ0n) is 46.7. The number of hydrogen-bond donors (Lipinski definition) is 0. The summed E-state index contributed by atoms with van der Waals surface area (Å²) in [7, 11) is 0. The molecule has 1 aliphatic rings. The van der Waals surface area contributed by atoms with Crippen LogP contribution in [0.4, 0.5) is 22.7 Å². The zero-order chi connectivity index (χ0) is 53.5. The topological polar surface area (TPSA) is 43.4 Å². The fourth-order valence-electron chi connectivity index (χ4n) is 10.9. The molecule has 72 heavy (non-hydrogen) atoms. The van der Waals surface area contributed by atoms with Gasteiger partial charge in [0.05, 0.1) is 16.7 Å². The molecule has 8 aromatic carbocycles. The summed E-state index contributed by atoms with van der Waals surface area (Å²) in [6.45, 7) is 10.0. The van der Waals surface area contributed by atoms with Crippen LogP contribution >= 0.6 is 0 Å². The maximum absolute atomic E-state index is 8.99. The van der Waals surface area contributed by atoms with E-state index >= 15 is 0 Å². The van der Waals surface area contributed by atoms with Gasteiger partial charge in [0, 0.05) is 116 Å². The van der Waals surface area contributed by atoms with Gasteiger partial charge in [-0.15, -0.1) is 48.1 Å². The first-order valence-corrected chi connectivity index (χ1v) is 24.0. The van der Waals surface area contributed by atoms with Crippen molar-refractivity contribution in [2.45, 2.75) is 52.4 Å². The summed E-state index contributed by atoms with van der Waals surface area (Å²) in [5, 5.41) is 4.98. The maximum Gasteiger partial charge on any atom is 0.135 e. The monoisotopic (exact) mass is 1120 g/mol. The Morgan fingerprint density at radius 2 is 1.12 bits per heavy atom. The number of anilines is 4. The van der Waals surface area contributed by atoms with Crippen molar-refractivity contribution in [2.24, 2.45) is 14.0 Å². The Morgan fingerprint density at radius 3 is 1.79 bits per heavy atom. The molecule has 7 nitrogen and oxygen atoms in total. The molecule has 0 saturated carbocycles. The molecule has 0 unspecified atom stereocenters. The first-order valence-electron chi connectivity index (χ1n) is 27.0. The van der Waals surface area contributed by atoms with Gasteiger partial charge in [-0.05, 0) is 69.3 Å². The van der Waals surface area contributed by atoms with E-state index in [0.717, 1.165) is 55.2 Å². The number of hydrogen-bond acceptors (Lipinski definition) is 4. The molecule has 0 N–H and O–H groups in total. The summed E-state index contributed by atoms with van der Waals surface area (Å²) in [4.78, 5) is 9.14. The summed E-state index contributed by atoms with van der Waals surface area (Å²) < 4.78 is 65.7. The van der Waals surface area contributed by atoms with E-state index < -0.39 is 14.0 Å². The fourth-order valence-corrected chi connectivity index (χ4v) is 10.9. The number of para-hydroxylation sites is 5. The molecule has 0 radical (unpaired) electrons. The quantitative estimate of drug-likeness (QED) is 0.156. The molecule has 8 heteroatoms. The first-order chi connectivity index (χ1) is 36.8. The van der Waals surface area contributed by atoms with Crippen LogP contribution in [0.1, 0.15) is 60.9 Å². The van der Waals surface area contributed by atoms with Gasteiger partial charge in [0.1, 0.15) is 5.82 Å². The minimum absolute atomic E-state index is 0. The Kier molecular flexibility index (Phi) is 9.09. The van der Waals surface area contributed by atoms with E-state index in [1.807, 2.05) is 120 Å². The Bertz CT molecular complexity index is 4260. The van der Waals surface area contributed by atoms with Crippen molar-refractivity contribution in [3.8, 4) is 28.4 Å². The van der Waals surface area contributed by atoms with E-state index in [1.54, 1.807) is 12.1 Å². The van der Waals surface area contributed by atoms with E-state index in [9.17, 15) is 0 Å². The van der Waals surface area contributed by atoms with Gasteiger partial charge in [-0.3, -0.25) is 0 Å². The summed E-state index contributed by atoms with van der Waals surface area (Å²) >= 11 is 0. The smallest absolute Gasteiger partial charge is 0.135 e. The predicted molar refractivity (Wildman–Crippen MR) is 295 cm³/mol. The van der Waals surface area contributed by atoms with Crippen molar-refractivity contribution < 1.29 is 34.0 Å². The van der Waals surface area contributed by atoms with Gasteiger partial charge in [0.15, 0.2) is 0 Å². The molecule has 0 atom stereocenters. The number of rotatable bonds is 6. The van der Waals surface area contributed by atoms with Crippen molar-refractivity contribution in [1.29, 1.82) is 0 Å². The third-order valence-corrected chi connectivity index (χ3v) is 14.2. The van der Waals surface area contributed by atoms with Gasteiger partial charge in [-0.1, -0.05) is 144 Å². The molecule has 0 bridgehead atoms. The van der Waals surface area contributed by atoms with Crippen molar-refractivity contribution in [3.63, 3.8) is 0 Å². The number of ether oxygens (including phenoxy) is 1. The largest absolute Gasteiger partial charge is 0.509 e. The fraction of sp³-hybridized carbons (Fsp3) is 0.156. The van der Waals surface area contributed by atoms with Crippen molar-refractivity contribution in [1.82, 2.24) is 18.7 Å². The van der Waals surface area contributed by atoms with E-state index in [1.165, 1.54) is 20.3 Å².